The molecule has 3 nitrogen and oxygen atoms in total. The van der Waals surface area contributed by atoms with Crippen LogP contribution in [0.5, 0.6) is 0 Å². The molecule has 0 aliphatic carbocycles. The van der Waals surface area contributed by atoms with E-state index >= 15 is 0 Å². The molecule has 26 heavy (non-hydrogen) atoms. The Morgan fingerprint density at radius 1 is 0.885 bits per heavy atom. The minimum absolute atomic E-state index is 0.0222. The summed E-state index contributed by atoms with van der Waals surface area (Å²) in [4.78, 5) is 12.6. The number of anilines is 1. The first kappa shape index (κ1) is 17.5. The summed E-state index contributed by atoms with van der Waals surface area (Å²) in [5.41, 5.74) is 11.2. The van der Waals surface area contributed by atoms with Crippen LogP contribution in [-0.4, -0.2) is 5.78 Å². The lowest BCUT2D eigenvalue weighted by Crippen LogP contribution is -2.13. The van der Waals surface area contributed by atoms with E-state index in [4.69, 9.17) is 5.73 Å². The summed E-state index contributed by atoms with van der Waals surface area (Å²) in [6.07, 6.45) is 1.66. The summed E-state index contributed by atoms with van der Waals surface area (Å²) >= 11 is 0. The predicted molar refractivity (Wildman–Crippen MR) is 108 cm³/mol. The lowest BCUT2D eigenvalue weighted by Gasteiger charge is -2.12. The van der Waals surface area contributed by atoms with Crippen LogP contribution < -0.4 is 11.1 Å². The zero-order valence-corrected chi connectivity index (χ0v) is 14.8. The van der Waals surface area contributed by atoms with E-state index in [0.717, 1.165) is 22.5 Å². The van der Waals surface area contributed by atoms with Crippen LogP contribution in [0.25, 0.3) is 5.70 Å². The molecule has 0 aliphatic rings. The minimum Gasteiger partial charge on any atom is -0.399 e. The lowest BCUT2D eigenvalue weighted by molar-refractivity contribution is 0.104. The molecule has 0 atom stereocenters. The van der Waals surface area contributed by atoms with Crippen LogP contribution in [-0.2, 0) is 6.54 Å². The number of hydrogen-bond acceptors (Lipinski definition) is 3. The number of allylic oxidation sites excluding steroid dienone is 1. The maximum absolute atomic E-state index is 12.6. The van der Waals surface area contributed by atoms with Crippen molar-refractivity contribution >= 4 is 17.2 Å². The standard InChI is InChI=1S/C23H22N2O/c1-17-7-11-19(12-8-17)22(15-23(26)20-5-3-2-4-6-20)25-16-18-9-13-21(24)14-10-18/h2-15,25H,16,24H2,1H3/b22-15-. The Hall–Kier alpha value is -3.33. The monoisotopic (exact) mass is 342 g/mol. The normalized spacial score (nSPS) is 11.2. The second-order valence-electron chi connectivity index (χ2n) is 6.25. The molecule has 0 bridgehead atoms. The van der Waals surface area contributed by atoms with Gasteiger partial charge in [0.25, 0.3) is 0 Å². The Labute approximate surface area is 154 Å². The molecule has 0 aromatic heterocycles. The van der Waals surface area contributed by atoms with Crippen molar-refractivity contribution in [2.75, 3.05) is 5.73 Å². The highest BCUT2D eigenvalue weighted by Gasteiger charge is 2.07. The van der Waals surface area contributed by atoms with Gasteiger partial charge in [-0.25, -0.2) is 0 Å². The number of aryl methyl sites for hydroxylation is 1. The molecule has 0 spiro atoms. The van der Waals surface area contributed by atoms with Gasteiger partial charge in [0.1, 0.15) is 0 Å². The number of carbonyl (C=O) groups is 1. The van der Waals surface area contributed by atoms with Crippen molar-refractivity contribution in [3.63, 3.8) is 0 Å². The van der Waals surface area contributed by atoms with E-state index < -0.39 is 0 Å². The summed E-state index contributed by atoms with van der Waals surface area (Å²) in [6, 6.07) is 25.1. The molecule has 3 aromatic carbocycles. The number of nitrogens with two attached hydrogens (primary N) is 1. The molecule has 3 N–H and O–H groups in total. The highest BCUT2D eigenvalue weighted by molar-refractivity contribution is 6.08. The fourth-order valence-electron chi connectivity index (χ4n) is 2.62. The number of ketones is 1. The number of benzene rings is 3. The van der Waals surface area contributed by atoms with E-state index in [1.54, 1.807) is 6.08 Å². The first-order valence-electron chi connectivity index (χ1n) is 8.58. The third-order valence-corrected chi connectivity index (χ3v) is 4.16. The van der Waals surface area contributed by atoms with Gasteiger partial charge < -0.3 is 11.1 Å². The van der Waals surface area contributed by atoms with Crippen molar-refractivity contribution in [3.8, 4) is 0 Å². The Morgan fingerprint density at radius 3 is 2.19 bits per heavy atom. The third kappa shape index (κ3) is 4.61. The summed E-state index contributed by atoms with van der Waals surface area (Å²) in [7, 11) is 0. The van der Waals surface area contributed by atoms with Crippen LogP contribution in [0.3, 0.4) is 0 Å². The largest absolute Gasteiger partial charge is 0.399 e. The third-order valence-electron chi connectivity index (χ3n) is 4.16. The lowest BCUT2D eigenvalue weighted by atomic mass is 10.0. The molecule has 3 heteroatoms. The number of hydrogen-bond donors (Lipinski definition) is 2. The Bertz CT molecular complexity index is 895. The second-order valence-corrected chi connectivity index (χ2v) is 6.25. The van der Waals surface area contributed by atoms with E-state index in [0.29, 0.717) is 12.1 Å². The molecule has 0 radical (unpaired) electrons. The fraction of sp³-hybridized carbons (Fsp3) is 0.0870. The molecular weight excluding hydrogens is 320 g/mol. The van der Waals surface area contributed by atoms with Gasteiger partial charge in [-0.1, -0.05) is 72.3 Å². The van der Waals surface area contributed by atoms with Crippen LogP contribution in [0.1, 0.15) is 27.0 Å². The Morgan fingerprint density at radius 2 is 1.54 bits per heavy atom. The maximum atomic E-state index is 12.6. The van der Waals surface area contributed by atoms with Crippen LogP contribution >= 0.6 is 0 Å². The zero-order valence-electron chi connectivity index (χ0n) is 14.8. The van der Waals surface area contributed by atoms with E-state index in [2.05, 4.69) is 5.32 Å². The molecule has 3 rings (SSSR count). The van der Waals surface area contributed by atoms with Crippen molar-refractivity contribution in [2.45, 2.75) is 13.5 Å². The molecular formula is C23H22N2O. The van der Waals surface area contributed by atoms with Gasteiger partial charge in [-0.2, -0.15) is 0 Å². The Kier molecular flexibility index (Phi) is 5.49. The van der Waals surface area contributed by atoms with Gasteiger partial charge in [-0.05, 0) is 30.2 Å². The molecule has 3 aromatic rings. The molecule has 0 amide bonds. The first-order chi connectivity index (χ1) is 12.6. The zero-order chi connectivity index (χ0) is 18.4. The predicted octanol–water partition coefficient (Wildman–Crippen LogP) is 4.59. The molecule has 0 fully saturated rings. The van der Waals surface area contributed by atoms with Crippen molar-refractivity contribution in [2.24, 2.45) is 0 Å². The van der Waals surface area contributed by atoms with Gasteiger partial charge in [0.2, 0.25) is 0 Å². The van der Waals surface area contributed by atoms with E-state index in [1.807, 2.05) is 85.8 Å². The first-order valence-corrected chi connectivity index (χ1v) is 8.58. The number of carbonyl (C=O) groups excluding carboxylic acids is 1. The molecule has 0 heterocycles. The number of rotatable bonds is 6. The van der Waals surface area contributed by atoms with Crippen LogP contribution in [0.15, 0.2) is 84.9 Å². The molecule has 0 unspecified atom stereocenters. The minimum atomic E-state index is -0.0222. The smallest absolute Gasteiger partial charge is 0.187 e. The summed E-state index contributed by atoms with van der Waals surface area (Å²) in [5, 5.41) is 3.39. The van der Waals surface area contributed by atoms with E-state index in [1.165, 1.54) is 5.56 Å². The average molecular weight is 342 g/mol. The molecule has 0 aliphatic heterocycles. The van der Waals surface area contributed by atoms with Gasteiger partial charge in [-0.15, -0.1) is 0 Å². The van der Waals surface area contributed by atoms with Gasteiger partial charge in [-0.3, -0.25) is 4.79 Å². The van der Waals surface area contributed by atoms with Crippen molar-refractivity contribution < 1.29 is 4.79 Å². The van der Waals surface area contributed by atoms with E-state index in [-0.39, 0.29) is 5.78 Å². The SMILES string of the molecule is Cc1ccc(/C(=C/C(=O)c2ccccc2)NCc2ccc(N)cc2)cc1. The second kappa shape index (κ2) is 8.17. The maximum Gasteiger partial charge on any atom is 0.187 e. The summed E-state index contributed by atoms with van der Waals surface area (Å²) in [5.74, 6) is -0.0222. The van der Waals surface area contributed by atoms with Crippen LogP contribution in [0.4, 0.5) is 5.69 Å². The van der Waals surface area contributed by atoms with E-state index in [9.17, 15) is 4.79 Å². The number of nitrogens with one attached hydrogen (secondary N) is 1. The van der Waals surface area contributed by atoms with Crippen LogP contribution in [0.2, 0.25) is 0 Å². The van der Waals surface area contributed by atoms with Gasteiger partial charge in [0, 0.05) is 29.6 Å². The van der Waals surface area contributed by atoms with Gasteiger partial charge in [0.15, 0.2) is 5.78 Å². The summed E-state index contributed by atoms with van der Waals surface area (Å²) < 4.78 is 0. The average Bonchev–Trinajstić information content (AvgIpc) is 2.67. The van der Waals surface area contributed by atoms with Crippen molar-refractivity contribution in [3.05, 3.63) is 107 Å². The van der Waals surface area contributed by atoms with Crippen molar-refractivity contribution in [1.29, 1.82) is 0 Å². The molecule has 0 saturated carbocycles. The summed E-state index contributed by atoms with van der Waals surface area (Å²) in [6.45, 7) is 2.66. The highest BCUT2D eigenvalue weighted by Crippen LogP contribution is 2.16. The quantitative estimate of drug-likeness (QED) is 0.391. The van der Waals surface area contributed by atoms with Gasteiger partial charge in [0.05, 0.1) is 0 Å². The van der Waals surface area contributed by atoms with Gasteiger partial charge >= 0.3 is 0 Å². The Balaban J connectivity index is 1.86. The van der Waals surface area contributed by atoms with Crippen LogP contribution in [0, 0.1) is 6.92 Å². The molecule has 130 valence electrons. The molecule has 0 saturated heterocycles. The highest BCUT2D eigenvalue weighted by atomic mass is 16.1. The topological polar surface area (TPSA) is 55.1 Å². The number of nitrogen functional groups attached to an aromatic ring is 1. The van der Waals surface area contributed by atoms with Crippen molar-refractivity contribution in [1.82, 2.24) is 5.32 Å². The fourth-order valence-corrected chi connectivity index (χ4v) is 2.62.